The van der Waals surface area contributed by atoms with Gasteiger partial charge in [0, 0.05) is 11.4 Å². The first-order valence-corrected chi connectivity index (χ1v) is 8.33. The van der Waals surface area contributed by atoms with E-state index in [4.69, 9.17) is 4.74 Å². The van der Waals surface area contributed by atoms with Crippen LogP contribution in [0.25, 0.3) is 10.6 Å². The van der Waals surface area contributed by atoms with Crippen LogP contribution >= 0.6 is 11.3 Å². The highest BCUT2D eigenvalue weighted by molar-refractivity contribution is 7.15. The van der Waals surface area contributed by atoms with E-state index in [1.807, 2.05) is 31.2 Å². The van der Waals surface area contributed by atoms with Crippen LogP contribution in [0, 0.1) is 6.92 Å². The van der Waals surface area contributed by atoms with E-state index in [-0.39, 0.29) is 5.91 Å². The lowest BCUT2D eigenvalue weighted by atomic mass is 10.2. The van der Waals surface area contributed by atoms with Gasteiger partial charge >= 0.3 is 0 Å². The Balaban J connectivity index is 2.13. The highest BCUT2D eigenvalue weighted by Crippen LogP contribution is 2.34. The molecule has 2 rings (SSSR count). The zero-order valence-corrected chi connectivity index (χ0v) is 14.1. The molecule has 4 nitrogen and oxygen atoms in total. The van der Waals surface area contributed by atoms with Crippen molar-refractivity contribution in [2.45, 2.75) is 33.1 Å². The first-order valence-electron chi connectivity index (χ1n) is 7.52. The minimum atomic E-state index is 0.0618. The van der Waals surface area contributed by atoms with E-state index in [0.29, 0.717) is 6.42 Å². The molecule has 1 aromatic carbocycles. The largest absolute Gasteiger partial charge is 0.496 e. The third-order valence-corrected chi connectivity index (χ3v) is 4.59. The maximum Gasteiger partial charge on any atom is 0.225 e. The van der Waals surface area contributed by atoms with E-state index in [1.165, 1.54) is 0 Å². The molecule has 22 heavy (non-hydrogen) atoms. The number of methoxy groups -OCH3 is 1. The lowest BCUT2D eigenvalue weighted by Gasteiger charge is -2.04. The molecular weight excluding hydrogens is 296 g/mol. The Hall–Kier alpha value is -1.88. The van der Waals surface area contributed by atoms with E-state index in [9.17, 15) is 4.79 Å². The summed E-state index contributed by atoms with van der Waals surface area (Å²) in [5.41, 5.74) is 1.88. The van der Waals surface area contributed by atoms with E-state index < -0.39 is 0 Å². The SMILES string of the molecule is CCCCNC(=O)Cc1sc(-c2ccccc2OC)nc1C. The fraction of sp³-hybridized carbons (Fsp3) is 0.412. The average molecular weight is 318 g/mol. The Morgan fingerprint density at radius 2 is 2.14 bits per heavy atom. The lowest BCUT2D eigenvalue weighted by Crippen LogP contribution is -2.25. The quantitative estimate of drug-likeness (QED) is 0.794. The van der Waals surface area contributed by atoms with Gasteiger partial charge in [0.2, 0.25) is 5.91 Å². The number of aromatic nitrogens is 1. The molecule has 1 N–H and O–H groups in total. The van der Waals surface area contributed by atoms with Gasteiger partial charge in [0.1, 0.15) is 10.8 Å². The molecule has 0 atom stereocenters. The fourth-order valence-electron chi connectivity index (χ4n) is 2.14. The number of aryl methyl sites for hydroxylation is 1. The summed E-state index contributed by atoms with van der Waals surface area (Å²) in [4.78, 5) is 17.6. The number of nitrogens with one attached hydrogen (secondary N) is 1. The Labute approximate surface area is 135 Å². The molecule has 118 valence electrons. The van der Waals surface area contributed by atoms with Gasteiger partial charge in [-0.25, -0.2) is 4.98 Å². The topological polar surface area (TPSA) is 51.2 Å². The van der Waals surface area contributed by atoms with Crippen LogP contribution in [0.3, 0.4) is 0 Å². The molecule has 0 aliphatic carbocycles. The smallest absolute Gasteiger partial charge is 0.225 e. The Bertz CT molecular complexity index is 637. The van der Waals surface area contributed by atoms with E-state index in [2.05, 4.69) is 17.2 Å². The van der Waals surface area contributed by atoms with Crippen molar-refractivity contribution in [2.75, 3.05) is 13.7 Å². The van der Waals surface area contributed by atoms with Gasteiger partial charge in [0.15, 0.2) is 0 Å². The number of thiazole rings is 1. The summed E-state index contributed by atoms with van der Waals surface area (Å²) in [6, 6.07) is 7.81. The summed E-state index contributed by atoms with van der Waals surface area (Å²) in [7, 11) is 1.65. The van der Waals surface area contributed by atoms with Gasteiger partial charge in [-0.1, -0.05) is 25.5 Å². The van der Waals surface area contributed by atoms with Crippen molar-refractivity contribution in [1.29, 1.82) is 0 Å². The standard InChI is InChI=1S/C17H22N2O2S/c1-4-5-10-18-16(20)11-15-12(2)19-17(22-15)13-8-6-7-9-14(13)21-3/h6-9H,4-5,10-11H2,1-3H3,(H,18,20). The van der Waals surface area contributed by atoms with Gasteiger partial charge in [0.05, 0.1) is 24.8 Å². The molecule has 0 bridgehead atoms. The molecular formula is C17H22N2O2S. The number of para-hydroxylation sites is 1. The predicted molar refractivity (Wildman–Crippen MR) is 90.5 cm³/mol. The first kappa shape index (κ1) is 16.5. The third-order valence-electron chi connectivity index (χ3n) is 3.40. The molecule has 0 saturated heterocycles. The highest BCUT2D eigenvalue weighted by atomic mass is 32.1. The van der Waals surface area contributed by atoms with Gasteiger partial charge < -0.3 is 10.1 Å². The van der Waals surface area contributed by atoms with Crippen LogP contribution < -0.4 is 10.1 Å². The number of carbonyl (C=O) groups excluding carboxylic acids is 1. The number of ether oxygens (including phenoxy) is 1. The number of rotatable bonds is 7. The van der Waals surface area contributed by atoms with Crippen molar-refractivity contribution < 1.29 is 9.53 Å². The Kier molecular flexibility index (Phi) is 5.95. The lowest BCUT2D eigenvalue weighted by molar-refractivity contribution is -0.120. The molecule has 1 amide bonds. The normalized spacial score (nSPS) is 10.5. The number of hydrogen-bond donors (Lipinski definition) is 1. The average Bonchev–Trinajstić information content (AvgIpc) is 2.88. The molecule has 0 aliphatic rings. The monoisotopic (exact) mass is 318 g/mol. The molecule has 1 aromatic heterocycles. The number of unbranched alkanes of at least 4 members (excludes halogenated alkanes) is 1. The van der Waals surface area contributed by atoms with Crippen molar-refractivity contribution in [3.05, 3.63) is 34.8 Å². The van der Waals surface area contributed by atoms with E-state index >= 15 is 0 Å². The molecule has 0 unspecified atom stereocenters. The highest BCUT2D eigenvalue weighted by Gasteiger charge is 2.15. The Morgan fingerprint density at radius 1 is 1.36 bits per heavy atom. The molecule has 2 aromatic rings. The van der Waals surface area contributed by atoms with Gasteiger partial charge in [0.25, 0.3) is 0 Å². The molecule has 5 heteroatoms. The molecule has 0 fully saturated rings. The van der Waals surface area contributed by atoms with E-state index in [1.54, 1.807) is 18.4 Å². The van der Waals surface area contributed by atoms with E-state index in [0.717, 1.165) is 46.3 Å². The van der Waals surface area contributed by atoms with Crippen LogP contribution in [0.5, 0.6) is 5.75 Å². The van der Waals surface area contributed by atoms with Crippen molar-refractivity contribution in [1.82, 2.24) is 10.3 Å². The summed E-state index contributed by atoms with van der Waals surface area (Å²) in [5.74, 6) is 0.863. The van der Waals surface area contributed by atoms with Crippen molar-refractivity contribution >= 4 is 17.2 Å². The van der Waals surface area contributed by atoms with Gasteiger partial charge in [-0.3, -0.25) is 4.79 Å². The summed E-state index contributed by atoms with van der Waals surface area (Å²) in [5, 5.41) is 3.84. The van der Waals surface area contributed by atoms with Gasteiger partial charge in [-0.15, -0.1) is 11.3 Å². The second-order valence-corrected chi connectivity index (χ2v) is 6.19. The molecule has 1 heterocycles. The number of nitrogens with zero attached hydrogens (tertiary/aromatic N) is 1. The minimum Gasteiger partial charge on any atom is -0.496 e. The molecule has 0 saturated carbocycles. The predicted octanol–water partition coefficient (Wildman–Crippen LogP) is 3.59. The summed E-state index contributed by atoms with van der Waals surface area (Å²) in [6.07, 6.45) is 2.49. The zero-order valence-electron chi connectivity index (χ0n) is 13.3. The zero-order chi connectivity index (χ0) is 15.9. The van der Waals surface area contributed by atoms with Crippen LogP contribution in [0.4, 0.5) is 0 Å². The molecule has 0 aliphatic heterocycles. The summed E-state index contributed by atoms with van der Waals surface area (Å²) >= 11 is 1.56. The number of benzene rings is 1. The molecule has 0 spiro atoms. The second-order valence-electron chi connectivity index (χ2n) is 5.11. The third kappa shape index (κ3) is 4.07. The fourth-order valence-corrected chi connectivity index (χ4v) is 3.23. The second kappa shape index (κ2) is 7.94. The number of hydrogen-bond acceptors (Lipinski definition) is 4. The maximum absolute atomic E-state index is 12.0. The minimum absolute atomic E-state index is 0.0618. The summed E-state index contributed by atoms with van der Waals surface area (Å²) in [6.45, 7) is 4.80. The summed E-state index contributed by atoms with van der Waals surface area (Å²) < 4.78 is 5.38. The van der Waals surface area contributed by atoms with Crippen LogP contribution in [-0.2, 0) is 11.2 Å². The maximum atomic E-state index is 12.0. The number of amides is 1. The first-order chi connectivity index (χ1) is 10.7. The van der Waals surface area contributed by atoms with Crippen LogP contribution in [-0.4, -0.2) is 24.5 Å². The number of carbonyl (C=O) groups is 1. The Morgan fingerprint density at radius 3 is 2.86 bits per heavy atom. The molecule has 0 radical (unpaired) electrons. The van der Waals surface area contributed by atoms with Gasteiger partial charge in [-0.05, 0) is 25.5 Å². The van der Waals surface area contributed by atoms with Gasteiger partial charge in [-0.2, -0.15) is 0 Å². The van der Waals surface area contributed by atoms with Crippen LogP contribution in [0.15, 0.2) is 24.3 Å². The van der Waals surface area contributed by atoms with Crippen LogP contribution in [0.2, 0.25) is 0 Å². The van der Waals surface area contributed by atoms with Crippen LogP contribution in [0.1, 0.15) is 30.3 Å². The van der Waals surface area contributed by atoms with Crippen molar-refractivity contribution in [2.24, 2.45) is 0 Å². The van der Waals surface area contributed by atoms with Crippen molar-refractivity contribution in [3.8, 4) is 16.3 Å². The van der Waals surface area contributed by atoms with Crippen molar-refractivity contribution in [3.63, 3.8) is 0 Å².